The first-order valence-electron chi connectivity index (χ1n) is 12.3. The summed E-state index contributed by atoms with van der Waals surface area (Å²) in [6, 6.07) is 34.3. The largest absolute Gasteiger partial charge is 0.308 e. The number of rotatable bonds is 0. The van der Waals surface area contributed by atoms with Gasteiger partial charge < -0.3 is 4.57 Å². The van der Waals surface area contributed by atoms with E-state index in [1.807, 2.05) is 0 Å². The van der Waals surface area contributed by atoms with Gasteiger partial charge in [-0.15, -0.1) is 0 Å². The summed E-state index contributed by atoms with van der Waals surface area (Å²) < 4.78 is 2.58. The van der Waals surface area contributed by atoms with Crippen LogP contribution in [0, 0.1) is 0 Å². The molecule has 158 valence electrons. The topological polar surface area (TPSA) is 4.93 Å². The van der Waals surface area contributed by atoms with Gasteiger partial charge in [0.25, 0.3) is 0 Å². The molecule has 9 rings (SSSR count). The normalized spacial score (nSPS) is 14.1. The van der Waals surface area contributed by atoms with Crippen LogP contribution in [0.25, 0.3) is 49.7 Å². The molecule has 0 N–H and O–H groups in total. The fourth-order valence-electron chi connectivity index (χ4n) is 7.11. The Bertz CT molecular complexity index is 1880. The predicted molar refractivity (Wildman–Crippen MR) is 140 cm³/mol. The van der Waals surface area contributed by atoms with E-state index >= 15 is 0 Å². The summed E-state index contributed by atoms with van der Waals surface area (Å²) in [5.41, 5.74) is 18.8. The summed E-state index contributed by atoms with van der Waals surface area (Å²) >= 11 is 0. The monoisotopic (exact) mass is 431 g/mol. The smallest absolute Gasteiger partial charge is 0.0582 e. The van der Waals surface area contributed by atoms with Crippen LogP contribution in [0.5, 0.6) is 0 Å². The summed E-state index contributed by atoms with van der Waals surface area (Å²) in [5, 5.41) is 2.78. The van der Waals surface area contributed by atoms with E-state index in [9.17, 15) is 0 Å². The van der Waals surface area contributed by atoms with Gasteiger partial charge in [0.2, 0.25) is 0 Å². The molecule has 0 saturated carbocycles. The SMILES string of the molecule is c1ccc2c(c1)Cc1c-2ccc2c1-c1ccc3c4cccc5c4n(c3c1C2)-c1ccccc1C5. The van der Waals surface area contributed by atoms with Gasteiger partial charge in [0.15, 0.2) is 0 Å². The average molecular weight is 432 g/mol. The maximum atomic E-state index is 2.58. The van der Waals surface area contributed by atoms with Gasteiger partial charge in [-0.1, -0.05) is 84.9 Å². The first-order chi connectivity index (χ1) is 16.9. The van der Waals surface area contributed by atoms with Gasteiger partial charge >= 0.3 is 0 Å². The molecule has 0 fully saturated rings. The summed E-state index contributed by atoms with van der Waals surface area (Å²) in [4.78, 5) is 0. The zero-order chi connectivity index (χ0) is 22.0. The van der Waals surface area contributed by atoms with Gasteiger partial charge in [0.1, 0.15) is 0 Å². The van der Waals surface area contributed by atoms with Crippen LogP contribution in [0.3, 0.4) is 0 Å². The molecule has 2 heterocycles. The molecule has 5 aromatic carbocycles. The highest BCUT2D eigenvalue weighted by molar-refractivity contribution is 6.14. The van der Waals surface area contributed by atoms with E-state index in [1.165, 1.54) is 83.1 Å². The lowest BCUT2D eigenvalue weighted by molar-refractivity contribution is 1.04. The number of benzene rings is 5. The third kappa shape index (κ3) is 1.94. The van der Waals surface area contributed by atoms with E-state index in [1.54, 1.807) is 0 Å². The first-order valence-corrected chi connectivity index (χ1v) is 12.3. The van der Waals surface area contributed by atoms with Crippen LogP contribution in [0.4, 0.5) is 0 Å². The molecule has 1 heteroatoms. The Morgan fingerprint density at radius 3 is 2.18 bits per heavy atom. The predicted octanol–water partition coefficient (Wildman–Crippen LogP) is 7.83. The quantitative estimate of drug-likeness (QED) is 0.231. The van der Waals surface area contributed by atoms with E-state index in [2.05, 4.69) is 95.6 Å². The van der Waals surface area contributed by atoms with Gasteiger partial charge in [0, 0.05) is 29.3 Å². The number of hydrogen-bond acceptors (Lipinski definition) is 0. The fourth-order valence-corrected chi connectivity index (χ4v) is 7.11. The highest BCUT2D eigenvalue weighted by Gasteiger charge is 2.31. The van der Waals surface area contributed by atoms with Gasteiger partial charge in [0.05, 0.1) is 11.0 Å². The molecule has 0 spiro atoms. The molecule has 3 aliphatic rings. The van der Waals surface area contributed by atoms with Crippen LogP contribution in [0.1, 0.15) is 33.4 Å². The van der Waals surface area contributed by atoms with Gasteiger partial charge in [-0.3, -0.25) is 0 Å². The summed E-state index contributed by atoms with van der Waals surface area (Å²) in [7, 11) is 0. The van der Waals surface area contributed by atoms with Crippen molar-refractivity contribution < 1.29 is 0 Å². The van der Waals surface area contributed by atoms with Crippen molar-refractivity contribution in [3.8, 4) is 27.9 Å². The fraction of sp³-hybridized carbons (Fsp3) is 0.0909. The Labute approximate surface area is 197 Å². The molecule has 0 saturated heterocycles. The van der Waals surface area contributed by atoms with Crippen molar-refractivity contribution in [2.75, 3.05) is 0 Å². The van der Waals surface area contributed by atoms with E-state index in [4.69, 9.17) is 0 Å². The highest BCUT2D eigenvalue weighted by atomic mass is 15.0. The van der Waals surface area contributed by atoms with Gasteiger partial charge in [-0.25, -0.2) is 0 Å². The third-order valence-corrected chi connectivity index (χ3v) is 8.46. The highest BCUT2D eigenvalue weighted by Crippen LogP contribution is 2.51. The van der Waals surface area contributed by atoms with Crippen LogP contribution >= 0.6 is 0 Å². The maximum absolute atomic E-state index is 2.58. The van der Waals surface area contributed by atoms with Crippen molar-refractivity contribution >= 4 is 21.8 Å². The number of para-hydroxylation sites is 2. The molecule has 0 atom stereocenters. The maximum Gasteiger partial charge on any atom is 0.0582 e. The molecule has 0 amide bonds. The number of aromatic nitrogens is 1. The zero-order valence-corrected chi connectivity index (χ0v) is 18.7. The minimum absolute atomic E-state index is 1.01. The van der Waals surface area contributed by atoms with Crippen molar-refractivity contribution in [1.29, 1.82) is 0 Å². The lowest BCUT2D eigenvalue weighted by Crippen LogP contribution is -2.08. The lowest BCUT2D eigenvalue weighted by Gasteiger charge is -2.21. The Kier molecular flexibility index (Phi) is 3.00. The molecule has 34 heavy (non-hydrogen) atoms. The lowest BCUT2D eigenvalue weighted by atomic mass is 9.95. The van der Waals surface area contributed by atoms with Crippen LogP contribution in [0.15, 0.2) is 91.0 Å². The minimum Gasteiger partial charge on any atom is -0.308 e. The third-order valence-electron chi connectivity index (χ3n) is 8.46. The molecular weight excluding hydrogens is 410 g/mol. The van der Waals surface area contributed by atoms with Crippen molar-refractivity contribution in [2.24, 2.45) is 0 Å². The van der Waals surface area contributed by atoms with E-state index in [0.717, 1.165) is 19.3 Å². The number of hydrogen-bond donors (Lipinski definition) is 0. The first kappa shape index (κ1) is 17.4. The zero-order valence-electron chi connectivity index (χ0n) is 18.7. The molecule has 1 nitrogen and oxygen atoms in total. The second kappa shape index (κ2) is 5.87. The van der Waals surface area contributed by atoms with Crippen molar-refractivity contribution in [2.45, 2.75) is 19.3 Å². The van der Waals surface area contributed by atoms with Crippen molar-refractivity contribution in [1.82, 2.24) is 4.57 Å². The van der Waals surface area contributed by atoms with Crippen LogP contribution in [-0.2, 0) is 19.3 Å². The number of fused-ring (bicyclic) bond motifs is 13. The molecule has 0 radical (unpaired) electrons. The van der Waals surface area contributed by atoms with Crippen molar-refractivity contribution in [3.05, 3.63) is 124 Å². The second-order valence-corrected chi connectivity index (χ2v) is 10.1. The van der Waals surface area contributed by atoms with E-state index < -0.39 is 0 Å². The average Bonchev–Trinajstić information content (AvgIpc) is 3.54. The number of nitrogens with zero attached hydrogens (tertiary/aromatic N) is 1. The summed E-state index contributed by atoms with van der Waals surface area (Å²) in [5.74, 6) is 0. The minimum atomic E-state index is 1.01. The molecule has 0 unspecified atom stereocenters. The Hall–Kier alpha value is -4.10. The standard InChI is InChI=1S/C33H21N/c1-3-9-23-19(6-1)17-28-24(23)13-12-21-18-29-25(31(21)28)14-15-27-26-10-5-8-22-16-20-7-2-4-11-30(20)34(32(22)26)33(27)29/h1-15H,16-18H2. The van der Waals surface area contributed by atoms with E-state index in [-0.39, 0.29) is 0 Å². The Morgan fingerprint density at radius 2 is 1.21 bits per heavy atom. The van der Waals surface area contributed by atoms with Crippen LogP contribution < -0.4 is 0 Å². The van der Waals surface area contributed by atoms with Crippen LogP contribution in [-0.4, -0.2) is 4.57 Å². The van der Waals surface area contributed by atoms with Crippen LogP contribution in [0.2, 0.25) is 0 Å². The summed E-state index contributed by atoms with van der Waals surface area (Å²) in [6.45, 7) is 0. The Morgan fingerprint density at radius 1 is 0.441 bits per heavy atom. The molecular formula is C33H21N. The molecule has 6 aromatic rings. The van der Waals surface area contributed by atoms with Gasteiger partial charge in [-0.2, -0.15) is 0 Å². The second-order valence-electron chi connectivity index (χ2n) is 10.1. The van der Waals surface area contributed by atoms with Crippen molar-refractivity contribution in [3.63, 3.8) is 0 Å². The molecule has 1 aliphatic heterocycles. The molecule has 1 aromatic heterocycles. The van der Waals surface area contributed by atoms with E-state index in [0.29, 0.717) is 0 Å². The molecule has 2 aliphatic carbocycles. The molecule has 0 bridgehead atoms. The Balaban J connectivity index is 1.40. The summed E-state index contributed by atoms with van der Waals surface area (Å²) in [6.07, 6.45) is 3.07. The van der Waals surface area contributed by atoms with Gasteiger partial charge in [-0.05, 0) is 68.1 Å².